The van der Waals surface area contributed by atoms with Gasteiger partial charge in [0.1, 0.15) is 5.75 Å². The predicted octanol–water partition coefficient (Wildman–Crippen LogP) is 3.30. The summed E-state index contributed by atoms with van der Waals surface area (Å²) >= 11 is 0. The van der Waals surface area contributed by atoms with Crippen molar-refractivity contribution in [2.45, 2.75) is 46.6 Å². The van der Waals surface area contributed by atoms with Crippen molar-refractivity contribution < 1.29 is 19.4 Å². The minimum absolute atomic E-state index is 0.0759. The fourth-order valence-electron chi connectivity index (χ4n) is 1.61. The van der Waals surface area contributed by atoms with Crippen molar-refractivity contribution in [3.63, 3.8) is 0 Å². The van der Waals surface area contributed by atoms with Crippen LogP contribution >= 0.6 is 0 Å². The molecule has 0 saturated carbocycles. The number of hydrogen-bond acceptors (Lipinski definition) is 3. The number of carbonyl (C=O) groups is 2. The summed E-state index contributed by atoms with van der Waals surface area (Å²) in [7, 11) is 0. The van der Waals surface area contributed by atoms with E-state index in [1.165, 1.54) is 13.8 Å². The highest BCUT2D eigenvalue weighted by Crippen LogP contribution is 2.22. The Morgan fingerprint density at radius 3 is 2.33 bits per heavy atom. The molecule has 0 bridgehead atoms. The van der Waals surface area contributed by atoms with Crippen LogP contribution in [0.1, 0.15) is 40.5 Å². The Morgan fingerprint density at radius 2 is 1.86 bits per heavy atom. The summed E-state index contributed by atoms with van der Waals surface area (Å²) in [5.41, 5.74) is -0.457. The van der Waals surface area contributed by atoms with Crippen molar-refractivity contribution in [1.29, 1.82) is 0 Å². The molecule has 5 heteroatoms. The molecule has 0 saturated heterocycles. The van der Waals surface area contributed by atoms with Crippen molar-refractivity contribution in [3.05, 3.63) is 24.3 Å². The molecule has 1 aromatic carbocycles. The molecular weight excluding hydrogens is 270 g/mol. The normalized spacial score (nSPS) is 12.6. The van der Waals surface area contributed by atoms with E-state index in [4.69, 9.17) is 9.84 Å². The summed E-state index contributed by atoms with van der Waals surface area (Å²) in [5, 5.41) is 11.7. The van der Waals surface area contributed by atoms with Crippen molar-refractivity contribution in [3.8, 4) is 5.75 Å². The molecule has 5 nitrogen and oxygen atoms in total. The second-order valence-electron chi connectivity index (χ2n) is 5.78. The van der Waals surface area contributed by atoms with Crippen molar-refractivity contribution in [2.75, 3.05) is 5.32 Å². The van der Waals surface area contributed by atoms with Gasteiger partial charge in [0, 0.05) is 12.1 Å². The Hall–Kier alpha value is -2.04. The molecule has 1 unspecified atom stereocenters. The number of ether oxygens (including phenoxy) is 1. The van der Waals surface area contributed by atoms with Crippen LogP contribution in [0.5, 0.6) is 5.75 Å². The van der Waals surface area contributed by atoms with E-state index in [1.807, 2.05) is 13.8 Å². The number of hydrogen-bond donors (Lipinski definition) is 2. The fourth-order valence-corrected chi connectivity index (χ4v) is 1.61. The Kier molecular flexibility index (Phi) is 5.76. The summed E-state index contributed by atoms with van der Waals surface area (Å²) < 4.78 is 5.65. The highest BCUT2D eigenvalue weighted by Gasteiger charge is 2.30. The lowest BCUT2D eigenvalue weighted by Crippen LogP contribution is -2.29. The molecule has 1 aromatic rings. The van der Waals surface area contributed by atoms with Gasteiger partial charge in [0.25, 0.3) is 0 Å². The molecule has 1 rings (SSSR count). The van der Waals surface area contributed by atoms with E-state index in [2.05, 4.69) is 5.32 Å². The Labute approximate surface area is 125 Å². The maximum Gasteiger partial charge on any atom is 0.309 e. The van der Waals surface area contributed by atoms with E-state index in [9.17, 15) is 9.59 Å². The van der Waals surface area contributed by atoms with Crippen molar-refractivity contribution in [2.24, 2.45) is 5.41 Å². The molecule has 21 heavy (non-hydrogen) atoms. The van der Waals surface area contributed by atoms with E-state index < -0.39 is 11.4 Å². The molecule has 0 radical (unpaired) electrons. The topological polar surface area (TPSA) is 75.6 Å². The first-order valence-electron chi connectivity index (χ1n) is 7.04. The summed E-state index contributed by atoms with van der Waals surface area (Å²) in [6.07, 6.45) is 0.984. The highest BCUT2D eigenvalue weighted by atomic mass is 16.5. The standard InChI is InChI=1S/C16H23NO4/c1-5-11(2)21-13-8-6-12(7-9-13)17-14(18)10-16(3,4)15(19)20/h6-9,11H,5,10H2,1-4H3,(H,17,18)(H,19,20). The number of carboxylic acids is 1. The number of nitrogens with one attached hydrogen (secondary N) is 1. The molecular formula is C16H23NO4. The zero-order valence-corrected chi connectivity index (χ0v) is 13.0. The van der Waals surface area contributed by atoms with Gasteiger partial charge < -0.3 is 15.2 Å². The first kappa shape index (κ1) is 17.0. The molecule has 0 aliphatic rings. The van der Waals surface area contributed by atoms with Crippen LogP contribution in [-0.4, -0.2) is 23.1 Å². The highest BCUT2D eigenvalue weighted by molar-refractivity contribution is 5.94. The van der Waals surface area contributed by atoms with Crippen LogP contribution < -0.4 is 10.1 Å². The largest absolute Gasteiger partial charge is 0.491 e. The first-order chi connectivity index (χ1) is 9.74. The lowest BCUT2D eigenvalue weighted by molar-refractivity contribution is -0.148. The molecule has 0 aliphatic carbocycles. The molecule has 116 valence electrons. The SMILES string of the molecule is CCC(C)Oc1ccc(NC(=O)CC(C)(C)C(=O)O)cc1. The quantitative estimate of drug-likeness (QED) is 0.808. The van der Waals surface area contributed by atoms with Crippen LogP contribution in [-0.2, 0) is 9.59 Å². The van der Waals surface area contributed by atoms with Gasteiger partial charge in [-0.05, 0) is 51.5 Å². The van der Waals surface area contributed by atoms with Crippen LogP contribution in [0.25, 0.3) is 0 Å². The summed E-state index contributed by atoms with van der Waals surface area (Å²) in [4.78, 5) is 22.8. The molecule has 0 fully saturated rings. The van der Waals surface area contributed by atoms with E-state index in [1.54, 1.807) is 24.3 Å². The van der Waals surface area contributed by atoms with Crippen LogP contribution in [0, 0.1) is 5.41 Å². The number of amides is 1. The third kappa shape index (κ3) is 5.45. The van der Waals surface area contributed by atoms with Gasteiger partial charge in [-0.2, -0.15) is 0 Å². The van der Waals surface area contributed by atoms with Crippen molar-refractivity contribution in [1.82, 2.24) is 0 Å². The fraction of sp³-hybridized carbons (Fsp3) is 0.500. The number of benzene rings is 1. The Morgan fingerprint density at radius 1 is 1.29 bits per heavy atom. The molecule has 1 atom stereocenters. The zero-order chi connectivity index (χ0) is 16.0. The zero-order valence-electron chi connectivity index (χ0n) is 13.0. The van der Waals surface area contributed by atoms with Crippen LogP contribution in [0.15, 0.2) is 24.3 Å². The van der Waals surface area contributed by atoms with Crippen LogP contribution in [0.2, 0.25) is 0 Å². The monoisotopic (exact) mass is 293 g/mol. The number of anilines is 1. The predicted molar refractivity (Wildman–Crippen MR) is 81.5 cm³/mol. The maximum absolute atomic E-state index is 11.8. The average molecular weight is 293 g/mol. The first-order valence-corrected chi connectivity index (χ1v) is 7.04. The lowest BCUT2D eigenvalue weighted by atomic mass is 9.89. The lowest BCUT2D eigenvalue weighted by Gasteiger charge is -2.18. The van der Waals surface area contributed by atoms with Gasteiger partial charge in [0.15, 0.2) is 0 Å². The Balaban J connectivity index is 2.59. The van der Waals surface area contributed by atoms with E-state index in [0.29, 0.717) is 5.69 Å². The third-order valence-corrected chi connectivity index (χ3v) is 3.23. The molecule has 1 amide bonds. The molecule has 0 spiro atoms. The van der Waals surface area contributed by atoms with E-state index >= 15 is 0 Å². The number of carbonyl (C=O) groups excluding carboxylic acids is 1. The van der Waals surface area contributed by atoms with E-state index in [-0.39, 0.29) is 18.4 Å². The second-order valence-corrected chi connectivity index (χ2v) is 5.78. The van der Waals surface area contributed by atoms with E-state index in [0.717, 1.165) is 12.2 Å². The maximum atomic E-state index is 11.8. The van der Waals surface area contributed by atoms with Gasteiger partial charge in [-0.15, -0.1) is 0 Å². The summed E-state index contributed by atoms with van der Waals surface area (Å²) in [6, 6.07) is 7.04. The summed E-state index contributed by atoms with van der Waals surface area (Å²) in [6.45, 7) is 7.09. The minimum Gasteiger partial charge on any atom is -0.491 e. The van der Waals surface area contributed by atoms with Gasteiger partial charge in [-0.25, -0.2) is 0 Å². The van der Waals surface area contributed by atoms with Crippen LogP contribution in [0.4, 0.5) is 5.69 Å². The van der Waals surface area contributed by atoms with Gasteiger partial charge in [-0.3, -0.25) is 9.59 Å². The molecule has 0 aliphatic heterocycles. The van der Waals surface area contributed by atoms with Crippen molar-refractivity contribution >= 4 is 17.6 Å². The second kappa shape index (κ2) is 7.11. The third-order valence-electron chi connectivity index (χ3n) is 3.23. The number of carboxylic acid groups (broad SMARTS) is 1. The Bertz CT molecular complexity index is 494. The van der Waals surface area contributed by atoms with Crippen LogP contribution in [0.3, 0.4) is 0 Å². The smallest absolute Gasteiger partial charge is 0.309 e. The number of aliphatic carboxylic acids is 1. The molecule has 2 N–H and O–H groups in total. The average Bonchev–Trinajstić information content (AvgIpc) is 2.40. The van der Waals surface area contributed by atoms with Gasteiger partial charge in [0.05, 0.1) is 11.5 Å². The van der Waals surface area contributed by atoms with Gasteiger partial charge >= 0.3 is 5.97 Å². The van der Waals surface area contributed by atoms with Gasteiger partial charge in [-0.1, -0.05) is 6.92 Å². The summed E-state index contributed by atoms with van der Waals surface area (Å²) in [5.74, 6) is -0.568. The molecule has 0 heterocycles. The number of rotatable bonds is 7. The van der Waals surface area contributed by atoms with Gasteiger partial charge in [0.2, 0.25) is 5.91 Å². The molecule has 0 aromatic heterocycles. The minimum atomic E-state index is -1.08.